The van der Waals surface area contributed by atoms with Crippen molar-refractivity contribution in [2.24, 2.45) is 0 Å². The predicted molar refractivity (Wildman–Crippen MR) is 60.9 cm³/mol. The fourth-order valence-corrected chi connectivity index (χ4v) is 1.36. The molecule has 0 bridgehead atoms. The number of benzene rings is 1. The molecule has 2 nitrogen and oxygen atoms in total. The summed E-state index contributed by atoms with van der Waals surface area (Å²) in [5, 5.41) is 0. The predicted octanol–water partition coefficient (Wildman–Crippen LogP) is 2.23. The number of amides is 1. The van der Waals surface area contributed by atoms with E-state index in [1.54, 1.807) is 30.2 Å². The Morgan fingerprint density at radius 3 is 2.93 bits per heavy atom. The Labute approximate surface area is 89.6 Å². The molecule has 1 aromatic carbocycles. The lowest BCUT2D eigenvalue weighted by molar-refractivity contribution is 0.0810. The van der Waals surface area contributed by atoms with Crippen molar-refractivity contribution < 1.29 is 4.79 Å². The molecule has 1 amide bonds. The zero-order valence-electron chi connectivity index (χ0n) is 8.10. The molecule has 3 heteroatoms. The Balaban J connectivity index is 2.83. The lowest BCUT2D eigenvalue weighted by Gasteiger charge is -2.14. The van der Waals surface area contributed by atoms with E-state index >= 15 is 0 Å². The molecule has 0 N–H and O–H groups in total. The van der Waals surface area contributed by atoms with Gasteiger partial charge in [-0.3, -0.25) is 4.79 Å². The largest absolute Gasteiger partial charge is 0.338 e. The highest BCUT2D eigenvalue weighted by Crippen LogP contribution is 2.10. The van der Waals surface area contributed by atoms with Crippen molar-refractivity contribution >= 4 is 18.5 Å². The SMILES string of the molecule is C=CCN(C)C(=O)c1cccc(S)c1. The second-order valence-electron chi connectivity index (χ2n) is 3.02. The normalized spacial score (nSPS) is 9.57. The molecular formula is C11H13NOS. The Hall–Kier alpha value is -1.22. The standard InChI is InChI=1S/C11H13NOS/c1-3-7-12(2)11(13)9-5-4-6-10(14)8-9/h3-6,8,14H,1,7H2,2H3. The van der Waals surface area contributed by atoms with Gasteiger partial charge in [0.05, 0.1) is 0 Å². The third kappa shape index (κ3) is 2.64. The molecule has 1 aromatic rings. The Morgan fingerprint density at radius 1 is 1.64 bits per heavy atom. The van der Waals surface area contributed by atoms with Crippen LogP contribution in [0.4, 0.5) is 0 Å². The Morgan fingerprint density at radius 2 is 2.36 bits per heavy atom. The van der Waals surface area contributed by atoms with Gasteiger partial charge in [0, 0.05) is 24.1 Å². The quantitative estimate of drug-likeness (QED) is 0.595. The van der Waals surface area contributed by atoms with Crippen molar-refractivity contribution in [2.75, 3.05) is 13.6 Å². The average Bonchev–Trinajstić information content (AvgIpc) is 2.17. The van der Waals surface area contributed by atoms with Crippen molar-refractivity contribution in [2.45, 2.75) is 4.90 Å². The van der Waals surface area contributed by atoms with E-state index in [-0.39, 0.29) is 5.91 Å². The fourth-order valence-electron chi connectivity index (χ4n) is 1.14. The second kappa shape index (κ2) is 4.86. The molecule has 0 radical (unpaired) electrons. The molecular weight excluding hydrogens is 194 g/mol. The van der Waals surface area contributed by atoms with Gasteiger partial charge in [-0.05, 0) is 18.2 Å². The van der Waals surface area contributed by atoms with E-state index in [1.165, 1.54) is 0 Å². The first-order chi connectivity index (χ1) is 6.65. The van der Waals surface area contributed by atoms with Crippen LogP contribution in [-0.4, -0.2) is 24.4 Å². The molecule has 0 saturated carbocycles. The van der Waals surface area contributed by atoms with Gasteiger partial charge >= 0.3 is 0 Å². The molecule has 1 rings (SSSR count). The summed E-state index contributed by atoms with van der Waals surface area (Å²) in [6.45, 7) is 4.14. The fraction of sp³-hybridized carbons (Fsp3) is 0.182. The van der Waals surface area contributed by atoms with Crippen molar-refractivity contribution in [3.05, 3.63) is 42.5 Å². The summed E-state index contributed by atoms with van der Waals surface area (Å²) in [5.41, 5.74) is 0.654. The van der Waals surface area contributed by atoms with Gasteiger partial charge in [0.1, 0.15) is 0 Å². The third-order valence-corrected chi connectivity index (χ3v) is 2.12. The van der Waals surface area contributed by atoms with E-state index < -0.39 is 0 Å². The van der Waals surface area contributed by atoms with Crippen LogP contribution in [0.3, 0.4) is 0 Å². The van der Waals surface area contributed by atoms with Crippen molar-refractivity contribution in [1.82, 2.24) is 4.90 Å². The Kier molecular flexibility index (Phi) is 3.77. The summed E-state index contributed by atoms with van der Waals surface area (Å²) in [7, 11) is 1.75. The van der Waals surface area contributed by atoms with Gasteiger partial charge in [0.15, 0.2) is 0 Å². The number of carbonyl (C=O) groups is 1. The van der Waals surface area contributed by atoms with Crippen molar-refractivity contribution in [3.63, 3.8) is 0 Å². The van der Waals surface area contributed by atoms with Gasteiger partial charge in [-0.2, -0.15) is 0 Å². The van der Waals surface area contributed by atoms with Crippen LogP contribution in [0.25, 0.3) is 0 Å². The molecule has 0 saturated heterocycles. The average molecular weight is 207 g/mol. The van der Waals surface area contributed by atoms with Crippen molar-refractivity contribution in [1.29, 1.82) is 0 Å². The smallest absolute Gasteiger partial charge is 0.253 e. The van der Waals surface area contributed by atoms with Crippen LogP contribution >= 0.6 is 12.6 Å². The van der Waals surface area contributed by atoms with E-state index in [0.717, 1.165) is 4.90 Å². The third-order valence-electron chi connectivity index (χ3n) is 1.84. The number of likely N-dealkylation sites (N-methyl/N-ethyl adjacent to an activating group) is 1. The van der Waals surface area contributed by atoms with Gasteiger partial charge in [-0.1, -0.05) is 12.1 Å². The van der Waals surface area contributed by atoms with Gasteiger partial charge in [0.2, 0.25) is 0 Å². The minimum absolute atomic E-state index is 0.0131. The van der Waals surface area contributed by atoms with E-state index in [2.05, 4.69) is 19.2 Å². The number of nitrogens with zero attached hydrogens (tertiary/aromatic N) is 1. The molecule has 74 valence electrons. The summed E-state index contributed by atoms with van der Waals surface area (Å²) in [6.07, 6.45) is 1.70. The summed E-state index contributed by atoms with van der Waals surface area (Å²) >= 11 is 4.18. The molecule has 0 aromatic heterocycles. The lowest BCUT2D eigenvalue weighted by atomic mass is 10.2. The maximum atomic E-state index is 11.7. The summed E-state index contributed by atoms with van der Waals surface area (Å²) in [4.78, 5) is 14.1. The highest BCUT2D eigenvalue weighted by atomic mass is 32.1. The van der Waals surface area contributed by atoms with Gasteiger partial charge in [-0.25, -0.2) is 0 Å². The van der Waals surface area contributed by atoms with Gasteiger partial charge in [0.25, 0.3) is 5.91 Å². The minimum Gasteiger partial charge on any atom is -0.338 e. The number of hydrogen-bond acceptors (Lipinski definition) is 2. The molecule has 0 atom stereocenters. The topological polar surface area (TPSA) is 20.3 Å². The molecule has 0 heterocycles. The molecule has 0 fully saturated rings. The van der Waals surface area contributed by atoms with E-state index in [0.29, 0.717) is 12.1 Å². The molecule has 0 unspecified atom stereocenters. The van der Waals surface area contributed by atoms with Crippen LogP contribution in [0.1, 0.15) is 10.4 Å². The van der Waals surface area contributed by atoms with E-state index in [1.807, 2.05) is 12.1 Å². The molecule has 0 aliphatic carbocycles. The maximum absolute atomic E-state index is 11.7. The van der Waals surface area contributed by atoms with Crippen LogP contribution in [0.15, 0.2) is 41.8 Å². The highest BCUT2D eigenvalue weighted by Gasteiger charge is 2.09. The number of rotatable bonds is 3. The highest BCUT2D eigenvalue weighted by molar-refractivity contribution is 7.80. The molecule has 14 heavy (non-hydrogen) atoms. The first kappa shape index (κ1) is 10.9. The summed E-state index contributed by atoms with van der Waals surface area (Å²) in [5.74, 6) is -0.0131. The van der Waals surface area contributed by atoms with Crippen LogP contribution < -0.4 is 0 Å². The van der Waals surface area contributed by atoms with Crippen LogP contribution in [0.2, 0.25) is 0 Å². The maximum Gasteiger partial charge on any atom is 0.253 e. The monoisotopic (exact) mass is 207 g/mol. The van der Waals surface area contributed by atoms with E-state index in [4.69, 9.17) is 0 Å². The van der Waals surface area contributed by atoms with Crippen LogP contribution in [-0.2, 0) is 0 Å². The molecule has 0 aliphatic heterocycles. The number of carbonyl (C=O) groups excluding carboxylic acids is 1. The van der Waals surface area contributed by atoms with Gasteiger partial charge in [-0.15, -0.1) is 19.2 Å². The molecule has 0 spiro atoms. The van der Waals surface area contributed by atoms with Crippen molar-refractivity contribution in [3.8, 4) is 0 Å². The summed E-state index contributed by atoms with van der Waals surface area (Å²) in [6, 6.07) is 7.19. The van der Waals surface area contributed by atoms with Crippen LogP contribution in [0.5, 0.6) is 0 Å². The number of thiol groups is 1. The second-order valence-corrected chi connectivity index (χ2v) is 3.54. The zero-order valence-corrected chi connectivity index (χ0v) is 9.00. The first-order valence-electron chi connectivity index (χ1n) is 4.30. The van der Waals surface area contributed by atoms with Gasteiger partial charge < -0.3 is 4.90 Å². The first-order valence-corrected chi connectivity index (χ1v) is 4.75. The van der Waals surface area contributed by atoms with E-state index in [9.17, 15) is 4.79 Å². The summed E-state index contributed by atoms with van der Waals surface area (Å²) < 4.78 is 0. The zero-order chi connectivity index (χ0) is 10.6. The van der Waals surface area contributed by atoms with Crippen LogP contribution in [0, 0.1) is 0 Å². The molecule has 0 aliphatic rings. The number of hydrogen-bond donors (Lipinski definition) is 1. The Bertz CT molecular complexity index is 349. The lowest BCUT2D eigenvalue weighted by Crippen LogP contribution is -2.26. The minimum atomic E-state index is -0.0131.